The summed E-state index contributed by atoms with van der Waals surface area (Å²) in [5, 5.41) is 5.87. The lowest BCUT2D eigenvalue weighted by Gasteiger charge is -1.81. The average Bonchev–Trinajstić information content (AvgIpc) is 2.14. The quantitative estimate of drug-likeness (QED) is 0.513. The van der Waals surface area contributed by atoms with E-state index in [1.165, 1.54) is 0 Å². The lowest BCUT2D eigenvalue weighted by atomic mass is 11.0. The smallest absolute Gasteiger partial charge is 0.356 e. The van der Waals surface area contributed by atoms with Gasteiger partial charge in [-0.15, -0.1) is 0 Å². The van der Waals surface area contributed by atoms with Gasteiger partial charge in [-0.3, -0.25) is 9.51 Å². The van der Waals surface area contributed by atoms with Crippen molar-refractivity contribution in [2.24, 2.45) is 0 Å². The molecular formula is C3H5N3O2. The Labute approximate surface area is 44.7 Å². The molecule has 5 heteroatoms. The number of aromatic nitrogens is 2. The van der Waals surface area contributed by atoms with Gasteiger partial charge >= 0.3 is 5.76 Å². The Morgan fingerprint density at radius 2 is 2.62 bits per heavy atom. The first kappa shape index (κ1) is 4.89. The Balaban J connectivity index is 3.01. The minimum atomic E-state index is -0.547. The van der Waals surface area contributed by atoms with E-state index in [4.69, 9.17) is 0 Å². The summed E-state index contributed by atoms with van der Waals surface area (Å²) in [6.45, 7) is 0. The number of H-pyrrole nitrogens is 1. The SMILES string of the molecule is CNc1noc(=O)[nH]1. The highest BCUT2D eigenvalue weighted by molar-refractivity contribution is 5.16. The van der Waals surface area contributed by atoms with Gasteiger partial charge in [-0.25, -0.2) is 4.79 Å². The van der Waals surface area contributed by atoms with Crippen LogP contribution in [-0.2, 0) is 0 Å². The zero-order valence-corrected chi connectivity index (χ0v) is 4.26. The molecule has 44 valence electrons. The van der Waals surface area contributed by atoms with Crippen LogP contribution in [0, 0.1) is 0 Å². The molecule has 0 aliphatic heterocycles. The van der Waals surface area contributed by atoms with Gasteiger partial charge < -0.3 is 5.32 Å². The first-order chi connectivity index (χ1) is 3.83. The molecule has 0 aliphatic rings. The van der Waals surface area contributed by atoms with Gasteiger partial charge in [0.25, 0.3) is 0 Å². The molecule has 8 heavy (non-hydrogen) atoms. The van der Waals surface area contributed by atoms with Crippen molar-refractivity contribution in [3.63, 3.8) is 0 Å². The van der Waals surface area contributed by atoms with Crippen LogP contribution in [-0.4, -0.2) is 17.2 Å². The normalized spacial score (nSPS) is 9.12. The summed E-state index contributed by atoms with van der Waals surface area (Å²) >= 11 is 0. The van der Waals surface area contributed by atoms with E-state index in [0.717, 1.165) is 0 Å². The predicted molar refractivity (Wildman–Crippen MR) is 26.7 cm³/mol. The fraction of sp³-hybridized carbons (Fsp3) is 0.333. The number of hydrogen-bond donors (Lipinski definition) is 2. The summed E-state index contributed by atoms with van der Waals surface area (Å²) in [7, 11) is 1.63. The summed E-state index contributed by atoms with van der Waals surface area (Å²) in [5.74, 6) is -0.204. The van der Waals surface area contributed by atoms with E-state index in [1.807, 2.05) is 0 Å². The van der Waals surface area contributed by atoms with Gasteiger partial charge in [-0.05, 0) is 5.16 Å². The van der Waals surface area contributed by atoms with Gasteiger partial charge in [0.1, 0.15) is 0 Å². The maximum atomic E-state index is 10.1. The largest absolute Gasteiger partial charge is 0.440 e. The van der Waals surface area contributed by atoms with Crippen molar-refractivity contribution < 1.29 is 4.52 Å². The molecule has 0 unspecified atom stereocenters. The van der Waals surface area contributed by atoms with Crippen LogP contribution in [0.25, 0.3) is 0 Å². The van der Waals surface area contributed by atoms with Crippen LogP contribution < -0.4 is 11.1 Å². The van der Waals surface area contributed by atoms with Crippen molar-refractivity contribution in [2.75, 3.05) is 12.4 Å². The third-order valence-corrected chi connectivity index (χ3v) is 0.677. The van der Waals surface area contributed by atoms with E-state index in [1.54, 1.807) is 7.05 Å². The minimum absolute atomic E-state index is 0.343. The van der Waals surface area contributed by atoms with Crippen LogP contribution in [0.15, 0.2) is 9.32 Å². The van der Waals surface area contributed by atoms with Gasteiger partial charge in [0.15, 0.2) is 0 Å². The van der Waals surface area contributed by atoms with E-state index < -0.39 is 5.76 Å². The zero-order chi connectivity index (χ0) is 5.98. The van der Waals surface area contributed by atoms with E-state index in [0.29, 0.717) is 5.95 Å². The molecule has 0 saturated heterocycles. The summed E-state index contributed by atoms with van der Waals surface area (Å²) in [6, 6.07) is 0. The lowest BCUT2D eigenvalue weighted by molar-refractivity contribution is 0.388. The van der Waals surface area contributed by atoms with Crippen LogP contribution in [0.2, 0.25) is 0 Å². The minimum Gasteiger partial charge on any atom is -0.356 e. The molecule has 1 heterocycles. The molecule has 0 spiro atoms. The van der Waals surface area contributed by atoms with Crippen molar-refractivity contribution in [1.82, 2.24) is 10.1 Å². The number of hydrogen-bond acceptors (Lipinski definition) is 4. The number of aromatic amines is 1. The second-order valence-corrected chi connectivity index (χ2v) is 1.19. The monoisotopic (exact) mass is 115 g/mol. The first-order valence-electron chi connectivity index (χ1n) is 2.06. The van der Waals surface area contributed by atoms with Crippen molar-refractivity contribution in [2.45, 2.75) is 0 Å². The van der Waals surface area contributed by atoms with Crippen LogP contribution >= 0.6 is 0 Å². The van der Waals surface area contributed by atoms with Crippen LogP contribution in [0.5, 0.6) is 0 Å². The van der Waals surface area contributed by atoms with Crippen molar-refractivity contribution in [3.8, 4) is 0 Å². The van der Waals surface area contributed by atoms with Gasteiger partial charge in [0.2, 0.25) is 5.95 Å². The topological polar surface area (TPSA) is 70.9 Å². The Morgan fingerprint density at radius 1 is 1.88 bits per heavy atom. The summed E-state index contributed by atoms with van der Waals surface area (Å²) < 4.78 is 4.13. The molecule has 0 bridgehead atoms. The van der Waals surface area contributed by atoms with Crippen molar-refractivity contribution in [1.29, 1.82) is 0 Å². The molecule has 0 aliphatic carbocycles. The predicted octanol–water partition coefficient (Wildman–Crippen LogP) is -0.595. The molecule has 0 fully saturated rings. The molecule has 0 aromatic carbocycles. The van der Waals surface area contributed by atoms with Gasteiger partial charge in [0.05, 0.1) is 0 Å². The second kappa shape index (κ2) is 1.69. The molecule has 2 N–H and O–H groups in total. The summed E-state index contributed by atoms with van der Waals surface area (Å²) in [5.41, 5.74) is 0. The fourth-order valence-electron chi connectivity index (χ4n) is 0.338. The second-order valence-electron chi connectivity index (χ2n) is 1.19. The Morgan fingerprint density at radius 3 is 2.88 bits per heavy atom. The van der Waals surface area contributed by atoms with Gasteiger partial charge in [0, 0.05) is 7.05 Å². The molecule has 1 rings (SSSR count). The molecule has 0 radical (unpaired) electrons. The van der Waals surface area contributed by atoms with E-state index in [-0.39, 0.29) is 0 Å². The molecule has 5 nitrogen and oxygen atoms in total. The van der Waals surface area contributed by atoms with Gasteiger partial charge in [-0.2, -0.15) is 0 Å². The zero-order valence-electron chi connectivity index (χ0n) is 4.26. The summed E-state index contributed by atoms with van der Waals surface area (Å²) in [4.78, 5) is 12.4. The fourth-order valence-corrected chi connectivity index (χ4v) is 0.338. The molecule has 0 saturated carbocycles. The Bertz CT molecular complexity index is 212. The molecule has 0 amide bonds. The number of nitrogens with zero attached hydrogens (tertiary/aromatic N) is 1. The van der Waals surface area contributed by atoms with E-state index in [2.05, 4.69) is 20.0 Å². The first-order valence-corrected chi connectivity index (χ1v) is 2.06. The van der Waals surface area contributed by atoms with E-state index >= 15 is 0 Å². The molecule has 1 aromatic rings. The van der Waals surface area contributed by atoms with Crippen LogP contribution in [0.3, 0.4) is 0 Å². The lowest BCUT2D eigenvalue weighted by Crippen LogP contribution is -1.96. The van der Waals surface area contributed by atoms with Crippen LogP contribution in [0.4, 0.5) is 5.95 Å². The maximum Gasteiger partial charge on any atom is 0.440 e. The maximum absolute atomic E-state index is 10.1. The molecule has 0 atom stereocenters. The molecular weight excluding hydrogens is 110 g/mol. The van der Waals surface area contributed by atoms with Crippen LogP contribution in [0.1, 0.15) is 0 Å². The number of rotatable bonds is 1. The highest BCUT2D eigenvalue weighted by Crippen LogP contribution is 1.84. The third-order valence-electron chi connectivity index (χ3n) is 0.677. The van der Waals surface area contributed by atoms with Gasteiger partial charge in [-0.1, -0.05) is 0 Å². The Hall–Kier alpha value is -1.26. The number of anilines is 1. The summed E-state index contributed by atoms with van der Waals surface area (Å²) in [6.07, 6.45) is 0. The Kier molecular flexibility index (Phi) is 1.03. The van der Waals surface area contributed by atoms with E-state index in [9.17, 15) is 4.79 Å². The highest BCUT2D eigenvalue weighted by atomic mass is 16.5. The number of nitrogens with one attached hydrogen (secondary N) is 2. The highest BCUT2D eigenvalue weighted by Gasteiger charge is 1.91. The standard InChI is InChI=1S/C3H5N3O2/c1-4-2-5-3(7)8-6-2/h1H3,(H2,4,5,6,7). The molecule has 1 aromatic heterocycles. The third kappa shape index (κ3) is 0.699. The van der Waals surface area contributed by atoms with Crippen molar-refractivity contribution in [3.05, 3.63) is 10.6 Å². The average molecular weight is 115 g/mol. The van der Waals surface area contributed by atoms with Crippen molar-refractivity contribution >= 4 is 5.95 Å².